The van der Waals surface area contributed by atoms with E-state index in [0.29, 0.717) is 16.3 Å². The molecule has 34 heavy (non-hydrogen) atoms. The lowest BCUT2D eigenvalue weighted by molar-refractivity contribution is -0.113. The van der Waals surface area contributed by atoms with Crippen molar-refractivity contribution in [2.45, 2.75) is 6.92 Å². The van der Waals surface area contributed by atoms with E-state index in [1.807, 2.05) is 79.9 Å². The van der Waals surface area contributed by atoms with Gasteiger partial charge in [0.25, 0.3) is 11.1 Å². The summed E-state index contributed by atoms with van der Waals surface area (Å²) in [5.41, 5.74) is 4.83. The van der Waals surface area contributed by atoms with Gasteiger partial charge in [-0.25, -0.2) is 9.58 Å². The van der Waals surface area contributed by atoms with Crippen molar-refractivity contribution in [1.29, 1.82) is 0 Å². The van der Waals surface area contributed by atoms with Gasteiger partial charge in [0.1, 0.15) is 5.75 Å². The first-order valence-corrected chi connectivity index (χ1v) is 11.5. The minimum Gasteiger partial charge on any atom is -0.497 e. The average Bonchev–Trinajstić information content (AvgIpc) is 3.41. The summed E-state index contributed by atoms with van der Waals surface area (Å²) in [6.07, 6.45) is 3.61. The van der Waals surface area contributed by atoms with Crippen LogP contribution in [0, 0.1) is 6.92 Å². The molecular formula is C27H21N3O3S. The van der Waals surface area contributed by atoms with Crippen molar-refractivity contribution in [2.24, 2.45) is 0 Å². The van der Waals surface area contributed by atoms with Gasteiger partial charge in [-0.3, -0.25) is 9.59 Å². The molecule has 0 spiro atoms. The van der Waals surface area contributed by atoms with Crippen LogP contribution in [0.1, 0.15) is 11.1 Å². The van der Waals surface area contributed by atoms with Gasteiger partial charge in [-0.15, -0.1) is 0 Å². The third-order valence-electron chi connectivity index (χ3n) is 5.50. The fraction of sp³-hybridized carbons (Fsp3) is 0.0741. The number of hydrogen-bond donors (Lipinski definition) is 0. The summed E-state index contributed by atoms with van der Waals surface area (Å²) in [5, 5.41) is 4.47. The lowest BCUT2D eigenvalue weighted by Crippen LogP contribution is -2.27. The van der Waals surface area contributed by atoms with Crippen LogP contribution >= 0.6 is 11.8 Å². The number of carbonyl (C=O) groups is 2. The smallest absolute Gasteiger partial charge is 0.298 e. The molecule has 1 saturated heterocycles. The molecule has 7 heteroatoms. The Bertz CT molecular complexity index is 1390. The van der Waals surface area contributed by atoms with E-state index < -0.39 is 0 Å². The predicted molar refractivity (Wildman–Crippen MR) is 135 cm³/mol. The molecule has 1 aromatic heterocycles. The van der Waals surface area contributed by atoms with Gasteiger partial charge < -0.3 is 4.74 Å². The zero-order valence-electron chi connectivity index (χ0n) is 18.6. The molecule has 0 aliphatic carbocycles. The van der Waals surface area contributed by atoms with E-state index in [-0.39, 0.29) is 11.1 Å². The Morgan fingerprint density at radius 1 is 0.882 bits per heavy atom. The summed E-state index contributed by atoms with van der Waals surface area (Å²) in [7, 11) is 1.62. The van der Waals surface area contributed by atoms with E-state index in [0.717, 1.165) is 39.9 Å². The molecular weight excluding hydrogens is 446 g/mol. The highest BCUT2D eigenvalue weighted by atomic mass is 32.2. The molecule has 0 radical (unpaired) electrons. The number of aromatic nitrogens is 2. The Balaban J connectivity index is 1.57. The fourth-order valence-corrected chi connectivity index (χ4v) is 4.54. The summed E-state index contributed by atoms with van der Waals surface area (Å²) in [4.78, 5) is 27.5. The Labute approximate surface area is 201 Å². The van der Waals surface area contributed by atoms with Gasteiger partial charge in [0.05, 0.1) is 29.1 Å². The second kappa shape index (κ2) is 9.03. The van der Waals surface area contributed by atoms with Crippen LogP contribution in [0.3, 0.4) is 0 Å². The molecule has 0 N–H and O–H groups in total. The van der Waals surface area contributed by atoms with E-state index >= 15 is 0 Å². The number of carbonyl (C=O) groups excluding carboxylic acids is 2. The van der Waals surface area contributed by atoms with E-state index in [9.17, 15) is 9.59 Å². The number of para-hydroxylation sites is 1. The first kappa shape index (κ1) is 21.7. The van der Waals surface area contributed by atoms with E-state index in [4.69, 9.17) is 9.84 Å². The Hall–Kier alpha value is -4.10. The predicted octanol–water partition coefficient (Wildman–Crippen LogP) is 6.10. The topological polar surface area (TPSA) is 64.4 Å². The van der Waals surface area contributed by atoms with Gasteiger partial charge in [-0.05, 0) is 73.3 Å². The largest absolute Gasteiger partial charge is 0.497 e. The van der Waals surface area contributed by atoms with Crippen LogP contribution in [0.5, 0.6) is 5.75 Å². The highest BCUT2D eigenvalue weighted by Gasteiger charge is 2.36. The summed E-state index contributed by atoms with van der Waals surface area (Å²) in [6.45, 7) is 1.96. The SMILES string of the molecule is COc1ccc(-c2nn(-c3ccccc3)cc2/C=C2\SC(=O)N(c3ccc(C)cc3)C2=O)cc1. The molecule has 4 aromatic rings. The molecule has 1 aliphatic heterocycles. The van der Waals surface area contributed by atoms with Crippen LogP contribution in [-0.4, -0.2) is 28.0 Å². The minimum atomic E-state index is -0.341. The van der Waals surface area contributed by atoms with Crippen LogP contribution in [0.25, 0.3) is 23.0 Å². The second-order valence-electron chi connectivity index (χ2n) is 7.79. The van der Waals surface area contributed by atoms with Crippen LogP contribution in [0.2, 0.25) is 0 Å². The number of methoxy groups -OCH3 is 1. The van der Waals surface area contributed by atoms with Gasteiger partial charge in [-0.2, -0.15) is 5.10 Å². The fourth-order valence-electron chi connectivity index (χ4n) is 3.70. The van der Waals surface area contributed by atoms with Crippen molar-refractivity contribution < 1.29 is 14.3 Å². The van der Waals surface area contributed by atoms with Gasteiger partial charge in [0, 0.05) is 17.3 Å². The Morgan fingerprint density at radius 2 is 1.59 bits per heavy atom. The summed E-state index contributed by atoms with van der Waals surface area (Å²) >= 11 is 0.932. The zero-order valence-corrected chi connectivity index (χ0v) is 19.5. The van der Waals surface area contributed by atoms with Gasteiger partial charge in [0.15, 0.2) is 0 Å². The summed E-state index contributed by atoms with van der Waals surface area (Å²) in [6, 6.07) is 24.7. The molecule has 1 fully saturated rings. The van der Waals surface area contributed by atoms with Crippen molar-refractivity contribution >= 4 is 34.7 Å². The molecule has 5 rings (SSSR count). The highest BCUT2D eigenvalue weighted by Crippen LogP contribution is 2.37. The van der Waals surface area contributed by atoms with Crippen molar-refractivity contribution in [3.8, 4) is 22.7 Å². The number of ether oxygens (including phenoxy) is 1. The van der Waals surface area contributed by atoms with E-state index in [1.165, 1.54) is 4.90 Å². The normalized spacial score (nSPS) is 14.8. The van der Waals surface area contributed by atoms with Gasteiger partial charge in [-0.1, -0.05) is 35.9 Å². The molecule has 6 nitrogen and oxygen atoms in total. The van der Waals surface area contributed by atoms with Crippen molar-refractivity contribution in [2.75, 3.05) is 12.0 Å². The first-order chi connectivity index (χ1) is 16.5. The van der Waals surface area contributed by atoms with Crippen molar-refractivity contribution in [3.63, 3.8) is 0 Å². The molecule has 1 aliphatic rings. The maximum atomic E-state index is 13.2. The van der Waals surface area contributed by atoms with Gasteiger partial charge in [0.2, 0.25) is 0 Å². The second-order valence-corrected chi connectivity index (χ2v) is 8.79. The maximum absolute atomic E-state index is 13.2. The summed E-state index contributed by atoms with van der Waals surface area (Å²) < 4.78 is 7.05. The number of anilines is 1. The average molecular weight is 468 g/mol. The Kier molecular flexibility index (Phi) is 5.77. The van der Waals surface area contributed by atoms with Crippen LogP contribution in [0.15, 0.2) is 90.0 Å². The molecule has 2 heterocycles. The van der Waals surface area contributed by atoms with E-state index in [2.05, 4.69) is 0 Å². The minimum absolute atomic E-state index is 0.318. The standard InChI is InChI=1S/C27H21N3O3S/c1-18-8-12-22(13-9-18)30-26(31)24(34-27(30)32)16-20-17-29(21-6-4-3-5-7-21)28-25(20)19-10-14-23(33-2)15-11-19/h3-17H,1-2H3/b24-16-. The molecule has 0 bridgehead atoms. The highest BCUT2D eigenvalue weighted by molar-refractivity contribution is 8.19. The van der Waals surface area contributed by atoms with Gasteiger partial charge >= 0.3 is 0 Å². The summed E-state index contributed by atoms with van der Waals surface area (Å²) in [5.74, 6) is 0.402. The lowest BCUT2D eigenvalue weighted by Gasteiger charge is -2.12. The van der Waals surface area contributed by atoms with Crippen LogP contribution < -0.4 is 9.64 Å². The zero-order chi connectivity index (χ0) is 23.7. The number of thioether (sulfide) groups is 1. The maximum Gasteiger partial charge on any atom is 0.298 e. The molecule has 0 saturated carbocycles. The number of nitrogens with zero attached hydrogens (tertiary/aromatic N) is 3. The molecule has 0 atom stereocenters. The number of benzene rings is 3. The molecule has 168 valence electrons. The lowest BCUT2D eigenvalue weighted by atomic mass is 10.1. The number of amides is 2. The monoisotopic (exact) mass is 467 g/mol. The van der Waals surface area contributed by atoms with Crippen molar-refractivity contribution in [3.05, 3.63) is 101 Å². The van der Waals surface area contributed by atoms with Crippen molar-refractivity contribution in [1.82, 2.24) is 9.78 Å². The number of aryl methyl sites for hydroxylation is 1. The molecule has 3 aromatic carbocycles. The quantitative estimate of drug-likeness (QED) is 0.332. The van der Waals surface area contributed by atoms with E-state index in [1.54, 1.807) is 30.0 Å². The van der Waals surface area contributed by atoms with Crippen LogP contribution in [-0.2, 0) is 4.79 Å². The number of hydrogen-bond acceptors (Lipinski definition) is 5. The van der Waals surface area contributed by atoms with Crippen LogP contribution in [0.4, 0.5) is 10.5 Å². The molecule has 0 unspecified atom stereocenters. The third-order valence-corrected chi connectivity index (χ3v) is 6.37. The first-order valence-electron chi connectivity index (χ1n) is 10.7. The third kappa shape index (κ3) is 4.13. The number of imide groups is 1. The Morgan fingerprint density at radius 3 is 2.26 bits per heavy atom. The number of rotatable bonds is 5. The molecule has 2 amide bonds.